The van der Waals surface area contributed by atoms with Crippen LogP contribution in [0.1, 0.15) is 38.3 Å². The summed E-state index contributed by atoms with van der Waals surface area (Å²) >= 11 is 0. The third kappa shape index (κ3) is 7.49. The van der Waals surface area contributed by atoms with Gasteiger partial charge >= 0.3 is 6.09 Å². The van der Waals surface area contributed by atoms with Gasteiger partial charge in [0.05, 0.1) is 0 Å². The van der Waals surface area contributed by atoms with Crippen LogP contribution in [-0.2, 0) is 16.0 Å². The zero-order valence-electron chi connectivity index (χ0n) is 13.3. The van der Waals surface area contributed by atoms with Gasteiger partial charge in [0, 0.05) is 12.5 Å². The molecule has 4 heteroatoms. The zero-order valence-corrected chi connectivity index (χ0v) is 13.3. The maximum Gasteiger partial charge on any atom is 0.407 e. The number of amides is 1. The summed E-state index contributed by atoms with van der Waals surface area (Å²) in [5.74, 6) is -0.196. The number of rotatable bonds is 6. The van der Waals surface area contributed by atoms with Crippen LogP contribution < -0.4 is 5.32 Å². The first kappa shape index (κ1) is 17.2. The number of aldehydes is 1. The van der Waals surface area contributed by atoms with Gasteiger partial charge in [-0.3, -0.25) is 0 Å². The second-order valence-corrected chi connectivity index (χ2v) is 6.30. The molecule has 4 nitrogen and oxygen atoms in total. The fourth-order valence-electron chi connectivity index (χ4n) is 1.85. The lowest BCUT2D eigenvalue weighted by molar-refractivity contribution is -0.111. The summed E-state index contributed by atoms with van der Waals surface area (Å²) in [6, 6.07) is 8.26. The summed E-state index contributed by atoms with van der Waals surface area (Å²) in [5.41, 5.74) is 1.89. The molecule has 1 N–H and O–H groups in total. The van der Waals surface area contributed by atoms with Crippen molar-refractivity contribution < 1.29 is 14.3 Å². The first-order valence-corrected chi connectivity index (χ1v) is 7.28. The van der Waals surface area contributed by atoms with Crippen LogP contribution in [0.2, 0.25) is 0 Å². The lowest BCUT2D eigenvalue weighted by Crippen LogP contribution is -2.35. The van der Waals surface area contributed by atoms with E-state index in [4.69, 9.17) is 4.74 Å². The number of aryl methyl sites for hydroxylation is 2. The van der Waals surface area contributed by atoms with Crippen LogP contribution in [0.25, 0.3) is 0 Å². The minimum atomic E-state index is -0.525. The van der Waals surface area contributed by atoms with Crippen molar-refractivity contribution in [3.63, 3.8) is 0 Å². The van der Waals surface area contributed by atoms with E-state index in [-0.39, 0.29) is 5.92 Å². The highest BCUT2D eigenvalue weighted by Gasteiger charge is 2.17. The molecule has 0 spiro atoms. The van der Waals surface area contributed by atoms with Crippen LogP contribution in [0.4, 0.5) is 4.79 Å². The van der Waals surface area contributed by atoms with Crippen LogP contribution in [0.5, 0.6) is 0 Å². The number of hydrogen-bond acceptors (Lipinski definition) is 3. The van der Waals surface area contributed by atoms with Crippen molar-refractivity contribution in [2.75, 3.05) is 6.54 Å². The average molecular weight is 291 g/mol. The van der Waals surface area contributed by atoms with Crippen LogP contribution in [0.15, 0.2) is 24.3 Å². The Hall–Kier alpha value is -1.84. The molecule has 21 heavy (non-hydrogen) atoms. The SMILES string of the molecule is Cc1ccc(CCC(C=O)CNC(=O)OC(C)(C)C)cc1. The second kappa shape index (κ2) is 7.81. The summed E-state index contributed by atoms with van der Waals surface area (Å²) in [6.45, 7) is 7.77. The monoisotopic (exact) mass is 291 g/mol. The highest BCUT2D eigenvalue weighted by Crippen LogP contribution is 2.10. The fourth-order valence-corrected chi connectivity index (χ4v) is 1.85. The molecule has 1 amide bonds. The summed E-state index contributed by atoms with van der Waals surface area (Å²) < 4.78 is 5.14. The van der Waals surface area contributed by atoms with E-state index in [1.807, 2.05) is 6.92 Å². The number of ether oxygens (including phenoxy) is 1. The van der Waals surface area contributed by atoms with Crippen molar-refractivity contribution in [2.24, 2.45) is 5.92 Å². The van der Waals surface area contributed by atoms with Gasteiger partial charge < -0.3 is 14.8 Å². The van der Waals surface area contributed by atoms with Crippen molar-refractivity contribution in [1.82, 2.24) is 5.32 Å². The minimum absolute atomic E-state index is 0.196. The Labute approximate surface area is 126 Å². The Morgan fingerprint density at radius 1 is 1.29 bits per heavy atom. The van der Waals surface area contributed by atoms with Crippen molar-refractivity contribution >= 4 is 12.4 Å². The summed E-state index contributed by atoms with van der Waals surface area (Å²) in [6.07, 6.45) is 1.94. The standard InChI is InChI=1S/C17H25NO3/c1-13-5-7-14(8-6-13)9-10-15(12-19)11-18-16(20)21-17(2,3)4/h5-8,12,15H,9-11H2,1-4H3,(H,18,20). The lowest BCUT2D eigenvalue weighted by atomic mass is 10.00. The van der Waals surface area contributed by atoms with Crippen molar-refractivity contribution in [3.8, 4) is 0 Å². The third-order valence-electron chi connectivity index (χ3n) is 3.02. The summed E-state index contributed by atoms with van der Waals surface area (Å²) in [5, 5.41) is 2.64. The molecule has 0 fully saturated rings. The molecule has 0 saturated carbocycles. The van der Waals surface area contributed by atoms with Crippen LogP contribution in [-0.4, -0.2) is 24.5 Å². The number of carbonyl (C=O) groups excluding carboxylic acids is 2. The van der Waals surface area contributed by atoms with Crippen molar-refractivity contribution in [1.29, 1.82) is 0 Å². The van der Waals surface area contributed by atoms with Gasteiger partial charge in [-0.2, -0.15) is 0 Å². The second-order valence-electron chi connectivity index (χ2n) is 6.30. The number of alkyl carbamates (subject to hydrolysis) is 1. The third-order valence-corrected chi connectivity index (χ3v) is 3.02. The highest BCUT2D eigenvalue weighted by molar-refractivity contribution is 5.68. The molecule has 0 heterocycles. The van der Waals surface area contributed by atoms with Gasteiger partial charge in [-0.1, -0.05) is 29.8 Å². The predicted molar refractivity (Wildman–Crippen MR) is 83.3 cm³/mol. The molecule has 0 bridgehead atoms. The number of benzene rings is 1. The Bertz CT molecular complexity index is 460. The van der Waals surface area contributed by atoms with Crippen molar-refractivity contribution in [3.05, 3.63) is 35.4 Å². The van der Waals surface area contributed by atoms with E-state index in [2.05, 4.69) is 29.6 Å². The number of hydrogen-bond donors (Lipinski definition) is 1. The smallest absolute Gasteiger partial charge is 0.407 e. The maximum absolute atomic E-state index is 11.5. The maximum atomic E-state index is 11.5. The van der Waals surface area contributed by atoms with Crippen LogP contribution in [0.3, 0.4) is 0 Å². The van der Waals surface area contributed by atoms with Gasteiger partial charge in [0.1, 0.15) is 11.9 Å². The predicted octanol–water partition coefficient (Wildman–Crippen LogP) is 3.27. The molecule has 0 aliphatic rings. The van der Waals surface area contributed by atoms with Crippen LogP contribution in [0, 0.1) is 12.8 Å². The van der Waals surface area contributed by atoms with Crippen LogP contribution >= 0.6 is 0 Å². The van der Waals surface area contributed by atoms with Gasteiger partial charge in [-0.25, -0.2) is 4.79 Å². The first-order valence-electron chi connectivity index (χ1n) is 7.28. The zero-order chi connectivity index (χ0) is 15.9. The first-order chi connectivity index (χ1) is 9.80. The van der Waals surface area contributed by atoms with Gasteiger partial charge in [0.2, 0.25) is 0 Å². The Kier molecular flexibility index (Phi) is 6.40. The number of nitrogens with one attached hydrogen (secondary N) is 1. The highest BCUT2D eigenvalue weighted by atomic mass is 16.6. The van der Waals surface area contributed by atoms with E-state index < -0.39 is 11.7 Å². The molecule has 0 aliphatic carbocycles. The van der Waals surface area contributed by atoms with E-state index in [0.717, 1.165) is 12.7 Å². The quantitative estimate of drug-likeness (QED) is 0.818. The Morgan fingerprint density at radius 2 is 1.90 bits per heavy atom. The molecule has 116 valence electrons. The topological polar surface area (TPSA) is 55.4 Å². The molecular formula is C17H25NO3. The average Bonchev–Trinajstić information content (AvgIpc) is 2.39. The summed E-state index contributed by atoms with van der Waals surface area (Å²) in [4.78, 5) is 22.6. The molecule has 1 rings (SSSR count). The van der Waals surface area contributed by atoms with Gasteiger partial charge in [0.15, 0.2) is 0 Å². The van der Waals surface area contributed by atoms with E-state index >= 15 is 0 Å². The lowest BCUT2D eigenvalue weighted by Gasteiger charge is -2.20. The van der Waals surface area contributed by atoms with E-state index in [9.17, 15) is 9.59 Å². The molecule has 1 aromatic carbocycles. The minimum Gasteiger partial charge on any atom is -0.444 e. The molecule has 1 atom stereocenters. The van der Waals surface area contributed by atoms with Gasteiger partial charge in [-0.05, 0) is 46.1 Å². The number of carbonyl (C=O) groups is 2. The molecule has 0 saturated heterocycles. The van der Waals surface area contributed by atoms with E-state index in [1.54, 1.807) is 20.8 Å². The Balaban J connectivity index is 2.36. The summed E-state index contributed by atoms with van der Waals surface area (Å²) in [7, 11) is 0. The van der Waals surface area contributed by atoms with Gasteiger partial charge in [-0.15, -0.1) is 0 Å². The molecule has 1 unspecified atom stereocenters. The van der Waals surface area contributed by atoms with Crippen molar-refractivity contribution in [2.45, 2.75) is 46.1 Å². The molecule has 0 aromatic heterocycles. The molecule has 1 aromatic rings. The normalized spacial score (nSPS) is 12.6. The van der Waals surface area contributed by atoms with E-state index in [1.165, 1.54) is 11.1 Å². The van der Waals surface area contributed by atoms with E-state index in [0.29, 0.717) is 13.0 Å². The molecular weight excluding hydrogens is 266 g/mol. The Morgan fingerprint density at radius 3 is 2.43 bits per heavy atom. The molecule has 0 aliphatic heterocycles. The van der Waals surface area contributed by atoms with Gasteiger partial charge in [0.25, 0.3) is 0 Å². The molecule has 0 radical (unpaired) electrons. The largest absolute Gasteiger partial charge is 0.444 e. The fraction of sp³-hybridized carbons (Fsp3) is 0.529.